The molecule has 3 N–H and O–H groups in total. The maximum Gasteiger partial charge on any atom is 0.269 e. The van der Waals surface area contributed by atoms with Crippen molar-refractivity contribution < 1.29 is 14.5 Å². The maximum atomic E-state index is 13.5. The summed E-state index contributed by atoms with van der Waals surface area (Å²) in [7, 11) is 0. The lowest BCUT2D eigenvalue weighted by Crippen LogP contribution is -2.35. The molecule has 0 unspecified atom stereocenters. The van der Waals surface area contributed by atoms with E-state index in [-0.39, 0.29) is 5.69 Å². The van der Waals surface area contributed by atoms with Gasteiger partial charge in [-0.1, -0.05) is 48.5 Å². The molecule has 3 aromatic rings. The molecule has 1 aliphatic rings. The SMILES string of the molecule is CC1=C(C(=O)Nc2ccccc2)C(c2cccc([N+](=O)[O-])c2)C(C(=O)Nc2ccccc2)=C(C)N1. The Kier molecular flexibility index (Phi) is 6.73. The molecule has 176 valence electrons. The summed E-state index contributed by atoms with van der Waals surface area (Å²) in [5.41, 5.74) is 3.26. The minimum Gasteiger partial charge on any atom is -0.362 e. The van der Waals surface area contributed by atoms with Crippen LogP contribution in [0.5, 0.6) is 0 Å². The number of nitro groups is 1. The Morgan fingerprint density at radius 1 is 0.771 bits per heavy atom. The molecule has 2 amide bonds. The first-order valence-electron chi connectivity index (χ1n) is 11.0. The number of nitrogens with zero attached hydrogens (tertiary/aromatic N) is 1. The van der Waals surface area contributed by atoms with Crippen LogP contribution in [0.1, 0.15) is 25.3 Å². The van der Waals surface area contributed by atoms with E-state index in [1.165, 1.54) is 12.1 Å². The molecule has 0 spiro atoms. The molecule has 0 saturated heterocycles. The average molecular weight is 469 g/mol. The summed E-state index contributed by atoms with van der Waals surface area (Å²) in [5.74, 6) is -1.64. The van der Waals surface area contributed by atoms with Crippen LogP contribution in [0, 0.1) is 10.1 Å². The fraction of sp³-hybridized carbons (Fsp3) is 0.111. The fourth-order valence-electron chi connectivity index (χ4n) is 4.19. The van der Waals surface area contributed by atoms with Gasteiger partial charge >= 0.3 is 0 Å². The van der Waals surface area contributed by atoms with Gasteiger partial charge in [-0.25, -0.2) is 0 Å². The Hall–Kier alpha value is -4.72. The number of benzene rings is 3. The first-order valence-corrected chi connectivity index (χ1v) is 11.0. The van der Waals surface area contributed by atoms with E-state index in [1.54, 1.807) is 74.5 Å². The van der Waals surface area contributed by atoms with Crippen molar-refractivity contribution in [2.75, 3.05) is 10.6 Å². The third-order valence-corrected chi connectivity index (χ3v) is 5.73. The van der Waals surface area contributed by atoms with Crippen LogP contribution in [0.25, 0.3) is 0 Å². The molecular formula is C27H24N4O4. The normalized spacial score (nSPS) is 13.8. The van der Waals surface area contributed by atoms with Crippen molar-refractivity contribution in [2.45, 2.75) is 19.8 Å². The zero-order chi connectivity index (χ0) is 24.9. The van der Waals surface area contributed by atoms with Gasteiger partial charge in [0.05, 0.1) is 4.92 Å². The maximum absolute atomic E-state index is 13.5. The van der Waals surface area contributed by atoms with Crippen LogP contribution in [-0.2, 0) is 9.59 Å². The number of carbonyl (C=O) groups excluding carboxylic acids is 2. The number of non-ortho nitro benzene ring substituents is 1. The highest BCUT2D eigenvalue weighted by Gasteiger charge is 2.37. The predicted octanol–water partition coefficient (Wildman–Crippen LogP) is 5.11. The zero-order valence-corrected chi connectivity index (χ0v) is 19.2. The van der Waals surface area contributed by atoms with Gasteiger partial charge in [0.1, 0.15) is 0 Å². The van der Waals surface area contributed by atoms with Crippen molar-refractivity contribution in [1.29, 1.82) is 0 Å². The van der Waals surface area contributed by atoms with Crippen molar-refractivity contribution in [3.8, 4) is 0 Å². The van der Waals surface area contributed by atoms with Gasteiger partial charge < -0.3 is 16.0 Å². The summed E-state index contributed by atoms with van der Waals surface area (Å²) in [4.78, 5) is 38.0. The van der Waals surface area contributed by atoms with E-state index in [9.17, 15) is 19.7 Å². The number of amides is 2. The minimum atomic E-state index is -0.830. The first kappa shape index (κ1) is 23.4. The number of rotatable bonds is 6. The van der Waals surface area contributed by atoms with Gasteiger partial charge in [0.2, 0.25) is 0 Å². The highest BCUT2D eigenvalue weighted by molar-refractivity contribution is 6.11. The quantitative estimate of drug-likeness (QED) is 0.344. The van der Waals surface area contributed by atoms with E-state index < -0.39 is 22.7 Å². The number of dihydropyridines is 1. The van der Waals surface area contributed by atoms with Gasteiger partial charge in [0.25, 0.3) is 17.5 Å². The Balaban J connectivity index is 1.80. The van der Waals surface area contributed by atoms with Crippen LogP contribution < -0.4 is 16.0 Å². The second-order valence-electron chi connectivity index (χ2n) is 8.13. The summed E-state index contributed by atoms with van der Waals surface area (Å²) >= 11 is 0. The van der Waals surface area contributed by atoms with Crippen LogP contribution in [0.3, 0.4) is 0 Å². The van der Waals surface area contributed by atoms with E-state index in [4.69, 9.17) is 0 Å². The smallest absolute Gasteiger partial charge is 0.269 e. The molecule has 0 radical (unpaired) electrons. The summed E-state index contributed by atoms with van der Waals surface area (Å²) in [6.07, 6.45) is 0. The van der Waals surface area contributed by atoms with E-state index in [2.05, 4.69) is 16.0 Å². The number of hydrogen-bond acceptors (Lipinski definition) is 5. The molecule has 8 nitrogen and oxygen atoms in total. The lowest BCUT2D eigenvalue weighted by molar-refractivity contribution is -0.384. The minimum absolute atomic E-state index is 0.123. The fourth-order valence-corrected chi connectivity index (χ4v) is 4.19. The van der Waals surface area contributed by atoms with Gasteiger partial charge in [-0.15, -0.1) is 0 Å². The predicted molar refractivity (Wildman–Crippen MR) is 135 cm³/mol. The molecule has 3 aromatic carbocycles. The second kappa shape index (κ2) is 10.0. The highest BCUT2D eigenvalue weighted by atomic mass is 16.6. The summed E-state index contributed by atoms with van der Waals surface area (Å²) in [6.45, 7) is 3.50. The van der Waals surface area contributed by atoms with E-state index >= 15 is 0 Å². The van der Waals surface area contributed by atoms with E-state index in [1.807, 2.05) is 12.1 Å². The summed E-state index contributed by atoms with van der Waals surface area (Å²) in [6, 6.07) is 24.0. The van der Waals surface area contributed by atoms with Crippen molar-refractivity contribution in [3.63, 3.8) is 0 Å². The van der Waals surface area contributed by atoms with Crippen molar-refractivity contribution >= 4 is 28.9 Å². The lowest BCUT2D eigenvalue weighted by atomic mass is 9.79. The number of nitrogens with one attached hydrogen (secondary N) is 3. The van der Waals surface area contributed by atoms with Crippen LogP contribution in [-0.4, -0.2) is 16.7 Å². The standard InChI is InChI=1S/C27H24N4O4/c1-17-23(26(32)29-20-11-5-3-6-12-20)25(19-10-9-15-22(16-19)31(34)35)24(18(2)28-17)27(33)30-21-13-7-4-8-14-21/h3-16,25,28H,1-2H3,(H,29,32)(H,30,33). The molecule has 1 aliphatic heterocycles. The molecular weight excluding hydrogens is 444 g/mol. The number of anilines is 2. The monoisotopic (exact) mass is 468 g/mol. The van der Waals surface area contributed by atoms with Crippen molar-refractivity contribution in [2.24, 2.45) is 0 Å². The Bertz CT molecular complexity index is 1270. The molecule has 0 fully saturated rings. The molecule has 0 atom stereocenters. The first-order chi connectivity index (χ1) is 16.8. The number of nitro benzene ring substituents is 1. The second-order valence-corrected chi connectivity index (χ2v) is 8.13. The topological polar surface area (TPSA) is 113 Å². The number of hydrogen-bond donors (Lipinski definition) is 3. The van der Waals surface area contributed by atoms with E-state index in [0.717, 1.165) is 0 Å². The molecule has 0 bridgehead atoms. The molecule has 0 saturated carbocycles. The van der Waals surface area contributed by atoms with Crippen LogP contribution in [0.2, 0.25) is 0 Å². The highest BCUT2D eigenvalue weighted by Crippen LogP contribution is 2.40. The molecule has 4 rings (SSSR count). The molecule has 8 heteroatoms. The summed E-state index contributed by atoms with van der Waals surface area (Å²) in [5, 5.41) is 20.4. The molecule has 35 heavy (non-hydrogen) atoms. The third kappa shape index (κ3) is 5.11. The number of allylic oxidation sites excluding steroid dienone is 2. The molecule has 0 aliphatic carbocycles. The molecule has 1 heterocycles. The number of para-hydroxylation sites is 2. The third-order valence-electron chi connectivity index (χ3n) is 5.73. The summed E-state index contributed by atoms with van der Waals surface area (Å²) < 4.78 is 0. The van der Waals surface area contributed by atoms with Crippen molar-refractivity contribution in [1.82, 2.24) is 5.32 Å². The zero-order valence-electron chi connectivity index (χ0n) is 19.2. The van der Waals surface area contributed by atoms with Gasteiger partial charge in [-0.3, -0.25) is 19.7 Å². The average Bonchev–Trinajstić information content (AvgIpc) is 2.84. The van der Waals surface area contributed by atoms with Gasteiger partial charge in [-0.05, 0) is 43.7 Å². The van der Waals surface area contributed by atoms with Crippen LogP contribution >= 0.6 is 0 Å². The number of carbonyl (C=O) groups is 2. The van der Waals surface area contributed by atoms with E-state index in [0.29, 0.717) is 39.5 Å². The van der Waals surface area contributed by atoms with Gasteiger partial charge in [0, 0.05) is 52.0 Å². The largest absolute Gasteiger partial charge is 0.362 e. The Morgan fingerprint density at radius 3 is 1.71 bits per heavy atom. The van der Waals surface area contributed by atoms with Gasteiger partial charge in [0.15, 0.2) is 0 Å². The Morgan fingerprint density at radius 2 is 1.26 bits per heavy atom. The molecule has 0 aromatic heterocycles. The van der Waals surface area contributed by atoms with Gasteiger partial charge in [-0.2, -0.15) is 0 Å². The van der Waals surface area contributed by atoms with Crippen LogP contribution in [0.15, 0.2) is 107 Å². The van der Waals surface area contributed by atoms with Crippen LogP contribution in [0.4, 0.5) is 17.1 Å². The lowest BCUT2D eigenvalue weighted by Gasteiger charge is -2.31. The van der Waals surface area contributed by atoms with Crippen molar-refractivity contribution in [3.05, 3.63) is 123 Å². The Labute approximate surface area is 202 Å².